The Kier molecular flexibility index (Phi) is 58.2. The van der Waals surface area contributed by atoms with Gasteiger partial charge in [0.1, 0.15) is 13.2 Å². The summed E-state index contributed by atoms with van der Waals surface area (Å²) in [6, 6.07) is 0. The van der Waals surface area contributed by atoms with E-state index < -0.39 is 6.10 Å². The lowest BCUT2D eigenvalue weighted by molar-refractivity contribution is -0.167. The van der Waals surface area contributed by atoms with E-state index in [9.17, 15) is 14.4 Å². The van der Waals surface area contributed by atoms with Crippen LogP contribution in [0.25, 0.3) is 0 Å². The van der Waals surface area contributed by atoms with Crippen molar-refractivity contribution in [1.29, 1.82) is 0 Å². The third-order valence-electron chi connectivity index (χ3n) is 13.8. The first kappa shape index (κ1) is 69.1. The predicted molar refractivity (Wildman–Crippen MR) is 312 cm³/mol. The molecule has 0 saturated carbocycles. The van der Waals surface area contributed by atoms with Crippen LogP contribution < -0.4 is 0 Å². The molecule has 0 saturated heterocycles. The van der Waals surface area contributed by atoms with Crippen molar-refractivity contribution in [2.75, 3.05) is 13.2 Å². The number of carbonyl (C=O) groups is 3. The van der Waals surface area contributed by atoms with Gasteiger partial charge in [0.2, 0.25) is 0 Å². The summed E-state index contributed by atoms with van der Waals surface area (Å²) in [5, 5.41) is 0. The molecule has 1 atom stereocenters. The van der Waals surface area contributed by atoms with E-state index in [0.29, 0.717) is 19.3 Å². The normalized spacial score (nSPS) is 12.4. The molecule has 0 amide bonds. The third kappa shape index (κ3) is 58.0. The Labute approximate surface area is 447 Å². The Morgan fingerprint density at radius 3 is 0.847 bits per heavy atom. The number of unbranched alkanes of at least 4 members (excludes halogenated alkanes) is 36. The SMILES string of the molecule is CC/C=C\C/C=C\C/C=C\C/C=C\C/C=C\CCCCCCCCCCCCCC(=O)OCC(COC(=O)CCCCCCC)OC(=O)CCCCCCCCCCCCCCCCCCCCCCCC. The number of rotatable bonds is 57. The highest BCUT2D eigenvalue weighted by Crippen LogP contribution is 2.17. The fraction of sp³-hybridized carbons (Fsp3) is 0.803. The maximum Gasteiger partial charge on any atom is 0.306 e. The van der Waals surface area contributed by atoms with Crippen LogP contribution in [0, 0.1) is 0 Å². The van der Waals surface area contributed by atoms with Crippen LogP contribution in [-0.4, -0.2) is 37.2 Å². The van der Waals surface area contributed by atoms with Crippen LogP contribution in [-0.2, 0) is 28.6 Å². The van der Waals surface area contributed by atoms with Gasteiger partial charge in [0.15, 0.2) is 6.10 Å². The molecule has 0 N–H and O–H groups in total. The van der Waals surface area contributed by atoms with Crippen LogP contribution in [0.5, 0.6) is 0 Å². The lowest BCUT2D eigenvalue weighted by atomic mass is 10.0. The van der Waals surface area contributed by atoms with Crippen molar-refractivity contribution in [1.82, 2.24) is 0 Å². The van der Waals surface area contributed by atoms with Gasteiger partial charge in [0, 0.05) is 19.3 Å². The summed E-state index contributed by atoms with van der Waals surface area (Å²) in [7, 11) is 0. The molecule has 0 fully saturated rings. The van der Waals surface area contributed by atoms with Crippen molar-refractivity contribution in [2.45, 2.75) is 329 Å². The highest BCUT2D eigenvalue weighted by Gasteiger charge is 2.19. The van der Waals surface area contributed by atoms with Crippen molar-refractivity contribution in [3.05, 3.63) is 60.8 Å². The molecule has 0 bridgehead atoms. The molecule has 6 heteroatoms. The molecule has 6 nitrogen and oxygen atoms in total. The van der Waals surface area contributed by atoms with Crippen LogP contribution >= 0.6 is 0 Å². The molecule has 0 heterocycles. The van der Waals surface area contributed by atoms with E-state index in [4.69, 9.17) is 14.2 Å². The Hall–Kier alpha value is -2.89. The summed E-state index contributed by atoms with van der Waals surface area (Å²) in [5.74, 6) is -0.872. The molecule has 418 valence electrons. The van der Waals surface area contributed by atoms with Gasteiger partial charge in [-0.3, -0.25) is 14.4 Å². The Morgan fingerprint density at radius 2 is 0.542 bits per heavy atom. The summed E-state index contributed by atoms with van der Waals surface area (Å²) < 4.78 is 16.8. The highest BCUT2D eigenvalue weighted by molar-refractivity contribution is 5.71. The van der Waals surface area contributed by atoms with Gasteiger partial charge in [-0.05, 0) is 64.2 Å². The zero-order valence-corrected chi connectivity index (χ0v) is 47.9. The molecular formula is C66H118O6. The Balaban J connectivity index is 4.02. The first-order valence-corrected chi connectivity index (χ1v) is 31.3. The van der Waals surface area contributed by atoms with Gasteiger partial charge < -0.3 is 14.2 Å². The highest BCUT2D eigenvalue weighted by atomic mass is 16.6. The molecular weight excluding hydrogens is 889 g/mol. The first-order valence-electron chi connectivity index (χ1n) is 31.3. The zero-order valence-electron chi connectivity index (χ0n) is 47.9. The monoisotopic (exact) mass is 1010 g/mol. The molecule has 0 aromatic carbocycles. The molecule has 0 radical (unpaired) electrons. The van der Waals surface area contributed by atoms with Gasteiger partial charge in [-0.1, -0.05) is 300 Å². The quantitative estimate of drug-likeness (QED) is 0.0261. The standard InChI is InChI=1S/C66H118O6/c1-4-7-10-13-15-17-19-21-23-25-27-29-31-32-33-34-35-37-38-40-42-44-46-48-50-53-56-59-65(68)71-62-63(61-70-64(67)58-55-52-12-9-6-3)72-66(69)60-57-54-51-49-47-45-43-41-39-36-30-28-26-24-22-20-18-16-14-11-8-5-2/h7,10,15,17,21,23,27,29,32-33,63H,4-6,8-9,11-14,16,18-20,22,24-26,28,30-31,34-62H2,1-3H3/b10-7-,17-15-,23-21-,29-27-,33-32-. The van der Waals surface area contributed by atoms with E-state index in [1.807, 2.05) is 0 Å². The van der Waals surface area contributed by atoms with E-state index in [1.54, 1.807) is 0 Å². The predicted octanol–water partition coefficient (Wildman–Crippen LogP) is 21.2. The minimum atomic E-state index is -0.769. The summed E-state index contributed by atoms with van der Waals surface area (Å²) in [6.07, 6.45) is 77.0. The fourth-order valence-electron chi connectivity index (χ4n) is 9.12. The number of hydrogen-bond acceptors (Lipinski definition) is 6. The number of ether oxygens (including phenoxy) is 3. The topological polar surface area (TPSA) is 78.9 Å². The Bertz CT molecular complexity index is 1290. The summed E-state index contributed by atoms with van der Waals surface area (Å²) >= 11 is 0. The molecule has 0 aliphatic heterocycles. The Morgan fingerprint density at radius 1 is 0.292 bits per heavy atom. The largest absolute Gasteiger partial charge is 0.462 e. The molecule has 72 heavy (non-hydrogen) atoms. The maximum absolute atomic E-state index is 12.8. The number of allylic oxidation sites excluding steroid dienone is 10. The van der Waals surface area contributed by atoms with Gasteiger partial charge in [-0.25, -0.2) is 0 Å². The van der Waals surface area contributed by atoms with Gasteiger partial charge in [-0.2, -0.15) is 0 Å². The fourth-order valence-corrected chi connectivity index (χ4v) is 9.12. The van der Waals surface area contributed by atoms with Gasteiger partial charge in [0.05, 0.1) is 0 Å². The number of carbonyl (C=O) groups excluding carboxylic acids is 3. The van der Waals surface area contributed by atoms with Crippen molar-refractivity contribution < 1.29 is 28.6 Å². The van der Waals surface area contributed by atoms with Gasteiger partial charge in [-0.15, -0.1) is 0 Å². The van der Waals surface area contributed by atoms with Crippen molar-refractivity contribution in [3.63, 3.8) is 0 Å². The van der Waals surface area contributed by atoms with Gasteiger partial charge >= 0.3 is 17.9 Å². The van der Waals surface area contributed by atoms with E-state index in [0.717, 1.165) is 96.3 Å². The summed E-state index contributed by atoms with van der Waals surface area (Å²) in [6.45, 7) is 6.49. The molecule has 0 aliphatic rings. The second kappa shape index (κ2) is 60.7. The molecule has 0 aliphatic carbocycles. The number of hydrogen-bond donors (Lipinski definition) is 0. The van der Waals surface area contributed by atoms with Crippen LogP contribution in [0.2, 0.25) is 0 Å². The average molecular weight is 1010 g/mol. The first-order chi connectivity index (χ1) is 35.5. The molecule has 1 unspecified atom stereocenters. The van der Waals surface area contributed by atoms with Crippen LogP contribution in [0.3, 0.4) is 0 Å². The average Bonchev–Trinajstić information content (AvgIpc) is 3.38. The molecule has 0 spiro atoms. The second-order valence-electron chi connectivity index (χ2n) is 21.0. The lowest BCUT2D eigenvalue weighted by Gasteiger charge is -2.18. The molecule has 0 aromatic rings. The second-order valence-corrected chi connectivity index (χ2v) is 21.0. The molecule has 0 aromatic heterocycles. The van der Waals surface area contributed by atoms with E-state index >= 15 is 0 Å². The summed E-state index contributed by atoms with van der Waals surface area (Å²) in [4.78, 5) is 37.9. The van der Waals surface area contributed by atoms with Crippen LogP contribution in [0.4, 0.5) is 0 Å². The van der Waals surface area contributed by atoms with E-state index in [1.165, 1.54) is 186 Å². The zero-order chi connectivity index (χ0) is 52.2. The van der Waals surface area contributed by atoms with Gasteiger partial charge in [0.25, 0.3) is 0 Å². The number of esters is 3. The van der Waals surface area contributed by atoms with Crippen molar-refractivity contribution >= 4 is 17.9 Å². The maximum atomic E-state index is 12.8. The lowest BCUT2D eigenvalue weighted by Crippen LogP contribution is -2.30. The van der Waals surface area contributed by atoms with Crippen LogP contribution in [0.1, 0.15) is 323 Å². The van der Waals surface area contributed by atoms with Crippen molar-refractivity contribution in [2.24, 2.45) is 0 Å². The van der Waals surface area contributed by atoms with Crippen LogP contribution in [0.15, 0.2) is 60.8 Å². The van der Waals surface area contributed by atoms with E-state index in [2.05, 4.69) is 81.5 Å². The molecule has 0 rings (SSSR count). The minimum Gasteiger partial charge on any atom is -0.462 e. The van der Waals surface area contributed by atoms with E-state index in [-0.39, 0.29) is 31.1 Å². The smallest absolute Gasteiger partial charge is 0.306 e. The summed E-state index contributed by atoms with van der Waals surface area (Å²) in [5.41, 5.74) is 0. The van der Waals surface area contributed by atoms with Crippen molar-refractivity contribution in [3.8, 4) is 0 Å². The third-order valence-corrected chi connectivity index (χ3v) is 13.8. The minimum absolute atomic E-state index is 0.0721.